The number of nitrogens with zero attached hydrogens (tertiary/aromatic N) is 1. The van der Waals surface area contributed by atoms with Crippen LogP contribution in [0.3, 0.4) is 0 Å². The number of hydrogen-bond donors (Lipinski definition) is 1. The number of benzene rings is 1. The maximum atomic E-state index is 12.3. The van der Waals surface area contributed by atoms with Crippen molar-refractivity contribution in [2.45, 2.75) is 39.8 Å². The Morgan fingerprint density at radius 3 is 2.50 bits per heavy atom. The number of carbonyl (C=O) groups is 2. The Hall–Kier alpha value is -1.88. The molecule has 0 radical (unpaired) electrons. The van der Waals surface area contributed by atoms with Crippen molar-refractivity contribution < 1.29 is 14.3 Å². The Kier molecular flexibility index (Phi) is 5.19. The standard InChI is InChI=1S/C17H24N2O3/c1-11-5-12(2)7-15(6-11)17(21)18-8-16(20)19-9-14(4)22-10-13(19)3/h5-7,13-14H,8-10H2,1-4H3,(H,18,21). The molecule has 120 valence electrons. The molecule has 1 N–H and O–H groups in total. The van der Waals surface area contributed by atoms with Gasteiger partial charge in [-0.2, -0.15) is 0 Å². The average molecular weight is 304 g/mol. The van der Waals surface area contributed by atoms with Crippen LogP contribution >= 0.6 is 0 Å². The molecule has 0 aromatic heterocycles. The maximum absolute atomic E-state index is 12.3. The molecule has 1 heterocycles. The van der Waals surface area contributed by atoms with Crippen LogP contribution in [-0.4, -0.2) is 48.6 Å². The number of amides is 2. The number of aryl methyl sites for hydroxylation is 2. The second kappa shape index (κ2) is 6.92. The van der Waals surface area contributed by atoms with E-state index in [2.05, 4.69) is 5.32 Å². The second-order valence-corrected chi connectivity index (χ2v) is 6.10. The molecule has 1 aromatic rings. The van der Waals surface area contributed by atoms with Gasteiger partial charge in [-0.3, -0.25) is 9.59 Å². The van der Waals surface area contributed by atoms with Crippen LogP contribution in [0.4, 0.5) is 0 Å². The molecule has 0 spiro atoms. The van der Waals surface area contributed by atoms with Gasteiger partial charge in [-0.05, 0) is 39.8 Å². The number of hydrogen-bond acceptors (Lipinski definition) is 3. The smallest absolute Gasteiger partial charge is 0.251 e. The lowest BCUT2D eigenvalue weighted by atomic mass is 10.1. The molecule has 5 heteroatoms. The lowest BCUT2D eigenvalue weighted by Gasteiger charge is -2.36. The van der Waals surface area contributed by atoms with E-state index in [0.29, 0.717) is 18.7 Å². The van der Waals surface area contributed by atoms with Gasteiger partial charge in [0.25, 0.3) is 5.91 Å². The number of morpholine rings is 1. The van der Waals surface area contributed by atoms with Gasteiger partial charge >= 0.3 is 0 Å². The molecule has 5 nitrogen and oxygen atoms in total. The Labute approximate surface area is 131 Å². The first-order valence-corrected chi connectivity index (χ1v) is 7.64. The molecule has 0 aliphatic carbocycles. The first kappa shape index (κ1) is 16.5. The zero-order valence-corrected chi connectivity index (χ0v) is 13.7. The summed E-state index contributed by atoms with van der Waals surface area (Å²) in [5, 5.41) is 2.71. The first-order valence-electron chi connectivity index (χ1n) is 7.64. The molecular formula is C17H24N2O3. The molecule has 22 heavy (non-hydrogen) atoms. The van der Waals surface area contributed by atoms with Crippen LogP contribution in [0.15, 0.2) is 18.2 Å². The third-order valence-corrected chi connectivity index (χ3v) is 3.81. The summed E-state index contributed by atoms with van der Waals surface area (Å²) in [4.78, 5) is 26.2. The van der Waals surface area contributed by atoms with Gasteiger partial charge in [0.1, 0.15) is 0 Å². The summed E-state index contributed by atoms with van der Waals surface area (Å²) >= 11 is 0. The molecule has 1 saturated heterocycles. The van der Waals surface area contributed by atoms with E-state index >= 15 is 0 Å². The largest absolute Gasteiger partial charge is 0.375 e. The van der Waals surface area contributed by atoms with Crippen LogP contribution < -0.4 is 5.32 Å². The van der Waals surface area contributed by atoms with E-state index in [-0.39, 0.29) is 30.5 Å². The highest BCUT2D eigenvalue weighted by Gasteiger charge is 2.27. The Bertz CT molecular complexity index is 551. The molecule has 2 unspecified atom stereocenters. The average Bonchev–Trinajstić information content (AvgIpc) is 2.45. The highest BCUT2D eigenvalue weighted by molar-refractivity contribution is 5.96. The van der Waals surface area contributed by atoms with Gasteiger partial charge < -0.3 is 15.0 Å². The van der Waals surface area contributed by atoms with E-state index in [9.17, 15) is 9.59 Å². The highest BCUT2D eigenvalue weighted by atomic mass is 16.5. The van der Waals surface area contributed by atoms with Gasteiger partial charge in [-0.15, -0.1) is 0 Å². The van der Waals surface area contributed by atoms with Crippen molar-refractivity contribution in [1.82, 2.24) is 10.2 Å². The van der Waals surface area contributed by atoms with Gasteiger partial charge in [0.2, 0.25) is 5.91 Å². The monoisotopic (exact) mass is 304 g/mol. The van der Waals surface area contributed by atoms with Gasteiger partial charge in [-0.25, -0.2) is 0 Å². The number of nitrogens with one attached hydrogen (secondary N) is 1. The van der Waals surface area contributed by atoms with E-state index < -0.39 is 0 Å². The number of ether oxygens (including phenoxy) is 1. The first-order chi connectivity index (χ1) is 10.4. The minimum absolute atomic E-state index is 0.0167. The van der Waals surface area contributed by atoms with Crippen LogP contribution in [0.2, 0.25) is 0 Å². The molecule has 2 atom stereocenters. The van der Waals surface area contributed by atoms with Crippen LogP contribution in [0, 0.1) is 13.8 Å². The van der Waals surface area contributed by atoms with Crippen molar-refractivity contribution >= 4 is 11.8 Å². The number of carbonyl (C=O) groups excluding carboxylic acids is 2. The molecule has 1 aromatic carbocycles. The topological polar surface area (TPSA) is 58.6 Å². The van der Waals surface area contributed by atoms with Gasteiger partial charge in [0, 0.05) is 12.1 Å². The fourth-order valence-electron chi connectivity index (χ4n) is 2.72. The quantitative estimate of drug-likeness (QED) is 0.924. The SMILES string of the molecule is Cc1cc(C)cc(C(=O)NCC(=O)N2CC(C)OCC2C)c1. The van der Waals surface area contributed by atoms with Crippen LogP contribution in [0.25, 0.3) is 0 Å². The highest BCUT2D eigenvalue weighted by Crippen LogP contribution is 2.12. The molecule has 0 bridgehead atoms. The lowest BCUT2D eigenvalue weighted by Crippen LogP contribution is -2.52. The summed E-state index contributed by atoms with van der Waals surface area (Å²) < 4.78 is 5.51. The third kappa shape index (κ3) is 4.07. The van der Waals surface area contributed by atoms with E-state index in [4.69, 9.17) is 4.74 Å². The van der Waals surface area contributed by atoms with E-state index in [1.807, 2.05) is 45.9 Å². The van der Waals surface area contributed by atoms with Crippen LogP contribution in [0.5, 0.6) is 0 Å². The fourth-order valence-corrected chi connectivity index (χ4v) is 2.72. The van der Waals surface area contributed by atoms with Crippen molar-refractivity contribution in [3.05, 3.63) is 34.9 Å². The predicted molar refractivity (Wildman–Crippen MR) is 84.8 cm³/mol. The summed E-state index contributed by atoms with van der Waals surface area (Å²) in [5.41, 5.74) is 2.66. The molecule has 2 rings (SSSR count). The van der Waals surface area contributed by atoms with Crippen molar-refractivity contribution in [3.8, 4) is 0 Å². The third-order valence-electron chi connectivity index (χ3n) is 3.81. The van der Waals surface area contributed by atoms with Crippen molar-refractivity contribution in [3.63, 3.8) is 0 Å². The van der Waals surface area contributed by atoms with E-state index in [1.165, 1.54) is 0 Å². The van der Waals surface area contributed by atoms with Gasteiger partial charge in [0.05, 0.1) is 25.3 Å². The van der Waals surface area contributed by atoms with Crippen LogP contribution in [0.1, 0.15) is 35.3 Å². The summed E-state index contributed by atoms with van der Waals surface area (Å²) in [5.74, 6) is -0.283. The number of rotatable bonds is 3. The Morgan fingerprint density at radius 1 is 1.23 bits per heavy atom. The van der Waals surface area contributed by atoms with E-state index in [0.717, 1.165) is 11.1 Å². The maximum Gasteiger partial charge on any atom is 0.251 e. The fraction of sp³-hybridized carbons (Fsp3) is 0.529. The zero-order chi connectivity index (χ0) is 16.3. The van der Waals surface area contributed by atoms with E-state index in [1.54, 1.807) is 4.90 Å². The second-order valence-electron chi connectivity index (χ2n) is 6.10. The minimum atomic E-state index is -0.214. The lowest BCUT2D eigenvalue weighted by molar-refractivity contribution is -0.142. The molecule has 1 fully saturated rings. The normalized spacial score (nSPS) is 21.5. The summed E-state index contributed by atoms with van der Waals surface area (Å²) in [6.07, 6.45) is 0.0373. The van der Waals surface area contributed by atoms with Crippen LogP contribution in [-0.2, 0) is 9.53 Å². The van der Waals surface area contributed by atoms with Gasteiger partial charge in [-0.1, -0.05) is 17.2 Å². The minimum Gasteiger partial charge on any atom is -0.375 e. The summed E-state index contributed by atoms with van der Waals surface area (Å²) in [7, 11) is 0. The van der Waals surface area contributed by atoms with Crippen molar-refractivity contribution in [1.29, 1.82) is 0 Å². The summed E-state index contributed by atoms with van der Waals surface area (Å²) in [6.45, 7) is 8.92. The molecular weight excluding hydrogens is 280 g/mol. The summed E-state index contributed by atoms with van der Waals surface area (Å²) in [6, 6.07) is 5.71. The van der Waals surface area contributed by atoms with Crippen molar-refractivity contribution in [2.75, 3.05) is 19.7 Å². The van der Waals surface area contributed by atoms with Crippen molar-refractivity contribution in [2.24, 2.45) is 0 Å². The molecule has 1 aliphatic heterocycles. The Balaban J connectivity index is 1.94. The van der Waals surface area contributed by atoms with Gasteiger partial charge in [0.15, 0.2) is 0 Å². The predicted octanol–water partition coefficient (Wildman–Crippen LogP) is 1.67. The zero-order valence-electron chi connectivity index (χ0n) is 13.7. The molecule has 0 saturated carbocycles. The Morgan fingerprint density at radius 2 is 1.86 bits per heavy atom. The molecule has 1 aliphatic rings. The molecule has 2 amide bonds.